The summed E-state index contributed by atoms with van der Waals surface area (Å²) in [5.74, 6) is 0. The van der Waals surface area contributed by atoms with E-state index in [4.69, 9.17) is 4.74 Å². The molecule has 101 valence electrons. The summed E-state index contributed by atoms with van der Waals surface area (Å²) in [5, 5.41) is 13.8. The lowest BCUT2D eigenvalue weighted by Gasteiger charge is -2.20. The van der Waals surface area contributed by atoms with Gasteiger partial charge in [-0.2, -0.15) is 0 Å². The second-order valence-corrected chi connectivity index (χ2v) is 5.34. The van der Waals surface area contributed by atoms with Gasteiger partial charge in [0, 0.05) is 0 Å². The first kappa shape index (κ1) is 16.2. The molecule has 1 unspecified atom stereocenters. The van der Waals surface area contributed by atoms with E-state index in [1.54, 1.807) is 20.8 Å². The molecule has 1 atom stereocenters. The summed E-state index contributed by atoms with van der Waals surface area (Å²) in [7, 11) is 0. The average Bonchev–Trinajstić information content (AvgIpc) is 2.14. The lowest BCUT2D eigenvalue weighted by Crippen LogP contribution is -2.38. The molecule has 1 radical (unpaired) electrons. The number of ether oxygens (including phenoxy) is 1. The molecule has 1 N–H and O–H groups in total. The molecule has 1 amide bonds. The smallest absolute Gasteiger partial charge is 0.409 e. The van der Waals surface area contributed by atoms with Crippen LogP contribution in [0.25, 0.3) is 0 Å². The highest BCUT2D eigenvalue weighted by Crippen LogP contribution is 2.09. The maximum absolute atomic E-state index is 11.4. The van der Waals surface area contributed by atoms with Gasteiger partial charge >= 0.3 is 6.09 Å². The van der Waals surface area contributed by atoms with Gasteiger partial charge in [-0.15, -0.1) is 0 Å². The molecule has 0 saturated carbocycles. The van der Waals surface area contributed by atoms with E-state index in [9.17, 15) is 9.90 Å². The minimum Gasteiger partial charge on any atom is -0.444 e. The van der Waals surface area contributed by atoms with Gasteiger partial charge in [0.25, 0.3) is 0 Å². The molecule has 0 heterocycles. The third-order valence-electron chi connectivity index (χ3n) is 2.25. The van der Waals surface area contributed by atoms with E-state index in [1.165, 1.54) is 12.8 Å². The molecule has 0 rings (SSSR count). The molecule has 4 heteroatoms. The van der Waals surface area contributed by atoms with E-state index >= 15 is 0 Å². The van der Waals surface area contributed by atoms with Crippen LogP contribution in [0.15, 0.2) is 0 Å². The summed E-state index contributed by atoms with van der Waals surface area (Å²) in [6.07, 6.45) is 4.29. The van der Waals surface area contributed by atoms with Gasteiger partial charge in [-0.05, 0) is 33.6 Å². The number of rotatable bonds is 7. The first-order valence-electron chi connectivity index (χ1n) is 6.50. The van der Waals surface area contributed by atoms with Crippen molar-refractivity contribution in [3.05, 3.63) is 0 Å². The molecule has 0 aromatic rings. The lowest BCUT2D eigenvalue weighted by molar-refractivity contribution is 0.0138. The lowest BCUT2D eigenvalue weighted by atomic mass is 10.1. The Kier molecular flexibility index (Phi) is 7.96. The second-order valence-electron chi connectivity index (χ2n) is 5.34. The molecule has 0 fully saturated rings. The zero-order valence-electron chi connectivity index (χ0n) is 11.5. The Morgan fingerprint density at radius 2 is 1.76 bits per heavy atom. The van der Waals surface area contributed by atoms with Crippen molar-refractivity contribution in [3.8, 4) is 0 Å². The van der Waals surface area contributed by atoms with Crippen molar-refractivity contribution in [2.75, 3.05) is 0 Å². The number of alkyl carbamates (subject to hydrolysis) is 1. The minimum atomic E-state index is -1.05. The molecule has 0 aliphatic heterocycles. The Balaban J connectivity index is 3.57. The third kappa shape index (κ3) is 11.5. The van der Waals surface area contributed by atoms with Gasteiger partial charge in [-0.1, -0.05) is 32.6 Å². The first-order chi connectivity index (χ1) is 7.85. The fraction of sp³-hybridized carbons (Fsp3) is 0.923. The SMILES string of the molecule is CCCCCCCC([O])NC(=O)OC(C)(C)C. The minimum absolute atomic E-state index is 0.475. The van der Waals surface area contributed by atoms with Crippen molar-refractivity contribution >= 4 is 6.09 Å². The highest BCUT2D eigenvalue weighted by Gasteiger charge is 2.18. The topological polar surface area (TPSA) is 58.2 Å². The maximum Gasteiger partial charge on any atom is 0.409 e. The highest BCUT2D eigenvalue weighted by molar-refractivity contribution is 5.67. The van der Waals surface area contributed by atoms with E-state index < -0.39 is 17.9 Å². The van der Waals surface area contributed by atoms with E-state index in [0.717, 1.165) is 19.3 Å². The quantitative estimate of drug-likeness (QED) is 0.549. The molecular weight excluding hydrogens is 218 g/mol. The van der Waals surface area contributed by atoms with Crippen LogP contribution >= 0.6 is 0 Å². The molecule has 0 saturated heterocycles. The summed E-state index contributed by atoms with van der Waals surface area (Å²) < 4.78 is 5.00. The molecule has 0 spiro atoms. The van der Waals surface area contributed by atoms with Crippen LogP contribution < -0.4 is 5.32 Å². The van der Waals surface area contributed by atoms with Crippen molar-refractivity contribution in [2.45, 2.75) is 78.0 Å². The van der Waals surface area contributed by atoms with E-state index in [0.29, 0.717) is 6.42 Å². The molecule has 0 bridgehead atoms. The highest BCUT2D eigenvalue weighted by atomic mass is 16.6. The monoisotopic (exact) mass is 244 g/mol. The molecule has 0 aromatic heterocycles. The number of nitrogens with one attached hydrogen (secondary N) is 1. The van der Waals surface area contributed by atoms with Gasteiger partial charge in [0.1, 0.15) is 5.60 Å². The predicted octanol–water partition coefficient (Wildman–Crippen LogP) is 3.63. The molecule has 0 aliphatic carbocycles. The summed E-state index contributed by atoms with van der Waals surface area (Å²) in [6.45, 7) is 7.48. The van der Waals surface area contributed by atoms with Gasteiger partial charge in [0.2, 0.25) is 0 Å². The summed E-state index contributed by atoms with van der Waals surface area (Å²) in [4.78, 5) is 11.3. The van der Waals surface area contributed by atoms with Crippen molar-refractivity contribution in [2.24, 2.45) is 0 Å². The molecule has 17 heavy (non-hydrogen) atoms. The second kappa shape index (κ2) is 8.34. The Labute approximate surface area is 105 Å². The van der Waals surface area contributed by atoms with Gasteiger partial charge in [0.05, 0.1) is 0 Å². The molecule has 0 aliphatic rings. The first-order valence-corrected chi connectivity index (χ1v) is 6.50. The number of amides is 1. The van der Waals surface area contributed by atoms with Crippen molar-refractivity contribution < 1.29 is 14.6 Å². The number of unbranched alkanes of at least 4 members (excludes halogenated alkanes) is 4. The zero-order valence-corrected chi connectivity index (χ0v) is 11.5. The van der Waals surface area contributed by atoms with Crippen LogP contribution in [-0.4, -0.2) is 17.9 Å². The Hall–Kier alpha value is -0.770. The summed E-state index contributed by atoms with van der Waals surface area (Å²) >= 11 is 0. The number of carbonyl (C=O) groups is 1. The number of hydrogen-bond donors (Lipinski definition) is 1. The Morgan fingerprint density at radius 3 is 2.29 bits per heavy atom. The van der Waals surface area contributed by atoms with Gasteiger partial charge < -0.3 is 4.74 Å². The average molecular weight is 244 g/mol. The zero-order chi connectivity index (χ0) is 13.3. The van der Waals surface area contributed by atoms with Crippen LogP contribution in [0.1, 0.15) is 66.2 Å². The van der Waals surface area contributed by atoms with Crippen molar-refractivity contribution in [1.29, 1.82) is 0 Å². The maximum atomic E-state index is 11.4. The van der Waals surface area contributed by atoms with Gasteiger partial charge in [-0.3, -0.25) is 5.32 Å². The Bertz CT molecular complexity index is 211. The van der Waals surface area contributed by atoms with Crippen LogP contribution in [0.3, 0.4) is 0 Å². The number of hydrogen-bond acceptors (Lipinski definition) is 2. The fourth-order valence-corrected chi connectivity index (χ4v) is 1.44. The number of carbonyl (C=O) groups excluding carboxylic acids is 1. The largest absolute Gasteiger partial charge is 0.444 e. The molecular formula is C13H26NO3. The Morgan fingerprint density at radius 1 is 1.18 bits per heavy atom. The van der Waals surface area contributed by atoms with Crippen molar-refractivity contribution in [1.82, 2.24) is 5.32 Å². The third-order valence-corrected chi connectivity index (χ3v) is 2.25. The van der Waals surface area contributed by atoms with Gasteiger partial charge in [0.15, 0.2) is 6.23 Å². The summed E-state index contributed by atoms with van der Waals surface area (Å²) in [5.41, 5.74) is -0.551. The van der Waals surface area contributed by atoms with Crippen LogP contribution in [0.4, 0.5) is 4.79 Å². The van der Waals surface area contributed by atoms with Crippen molar-refractivity contribution in [3.63, 3.8) is 0 Å². The van der Waals surface area contributed by atoms with Crippen LogP contribution in [0.5, 0.6) is 0 Å². The van der Waals surface area contributed by atoms with E-state index in [-0.39, 0.29) is 0 Å². The van der Waals surface area contributed by atoms with Crippen LogP contribution in [0, 0.1) is 0 Å². The normalized spacial score (nSPS) is 13.2. The molecule has 4 nitrogen and oxygen atoms in total. The summed E-state index contributed by atoms with van der Waals surface area (Å²) in [6, 6.07) is 0. The van der Waals surface area contributed by atoms with E-state index in [2.05, 4.69) is 12.2 Å². The fourth-order valence-electron chi connectivity index (χ4n) is 1.44. The van der Waals surface area contributed by atoms with E-state index in [1.807, 2.05) is 0 Å². The standard InChI is InChI=1S/C13H26NO3/c1-5-6-7-8-9-10-11(15)14-12(16)17-13(2,3)4/h11H,5-10H2,1-4H3,(H,14,16). The van der Waals surface area contributed by atoms with Gasteiger partial charge in [-0.25, -0.2) is 9.90 Å². The van der Waals surface area contributed by atoms with Crippen LogP contribution in [0.2, 0.25) is 0 Å². The van der Waals surface area contributed by atoms with Crippen LogP contribution in [-0.2, 0) is 9.84 Å². The molecule has 0 aromatic carbocycles. The predicted molar refractivity (Wildman–Crippen MR) is 67.2 cm³/mol.